The molecule has 0 aliphatic heterocycles. The van der Waals surface area contributed by atoms with Crippen molar-refractivity contribution in [2.75, 3.05) is 39.6 Å². The van der Waals surface area contributed by atoms with Crippen molar-refractivity contribution in [1.29, 1.82) is 0 Å². The molecule has 0 heterocycles. The van der Waals surface area contributed by atoms with Gasteiger partial charge in [0.25, 0.3) is 0 Å². The number of phosphoric ester groups is 2. The highest BCUT2D eigenvalue weighted by Gasteiger charge is 2.29. The molecule has 0 aliphatic carbocycles. The second-order valence-electron chi connectivity index (χ2n) is 29.3. The molecule has 0 aromatic rings. The predicted molar refractivity (Wildman–Crippen MR) is 454 cm³/mol. The molecule has 0 spiro atoms. The van der Waals surface area contributed by atoms with Gasteiger partial charge in [-0.2, -0.15) is 0 Å². The molecule has 0 amide bonds. The summed E-state index contributed by atoms with van der Waals surface area (Å²) in [4.78, 5) is 58.7. The SMILES string of the molecule is CC/C=C\C/C=C\C/C=C\C/C=C\C/C=C\CCCCCCCCCCCCCCCCCCCCCC(=O)OCC(O)COP(=O)(O)OCC(O)COP(=O)(O)OCC(COC(=O)CCCCCCCCCCC/C=C\C/C=C\C/C=C\C/C=C\CCCCC)OC(=O)CCCCCCC/C=C\CCCCCC. The van der Waals surface area contributed by atoms with Crippen molar-refractivity contribution in [3.63, 3.8) is 0 Å². The van der Waals surface area contributed by atoms with E-state index in [1.807, 2.05) is 0 Å². The average Bonchev–Trinajstić information content (AvgIpc) is 0.905. The van der Waals surface area contributed by atoms with Crippen LogP contribution in [-0.4, -0.2) is 95.9 Å². The Balaban J connectivity index is 4.38. The monoisotopic (exact) mass is 1570 g/mol. The lowest BCUT2D eigenvalue weighted by Gasteiger charge is -2.21. The minimum Gasteiger partial charge on any atom is -0.463 e. The number of ether oxygens (including phenoxy) is 3. The van der Waals surface area contributed by atoms with E-state index in [1.54, 1.807) is 0 Å². The number of esters is 3. The fraction of sp³-hybridized carbons (Fsp3) is 0.747. The summed E-state index contributed by atoms with van der Waals surface area (Å²) in [6, 6.07) is 0. The van der Waals surface area contributed by atoms with Gasteiger partial charge in [-0.3, -0.25) is 32.5 Å². The molecule has 0 aromatic heterocycles. The van der Waals surface area contributed by atoms with E-state index in [9.17, 15) is 43.5 Å². The van der Waals surface area contributed by atoms with Crippen LogP contribution in [0.25, 0.3) is 0 Å². The van der Waals surface area contributed by atoms with Gasteiger partial charge in [0.1, 0.15) is 25.4 Å². The number of rotatable bonds is 83. The Labute approximate surface area is 665 Å². The predicted octanol–water partition coefficient (Wildman–Crippen LogP) is 26.4. The van der Waals surface area contributed by atoms with E-state index in [2.05, 4.69) is 142 Å². The maximum atomic E-state index is 13.0. The van der Waals surface area contributed by atoms with Crippen LogP contribution in [0.4, 0.5) is 0 Å². The lowest BCUT2D eigenvalue weighted by molar-refractivity contribution is -0.161. The first-order valence-corrected chi connectivity index (χ1v) is 46.8. The summed E-state index contributed by atoms with van der Waals surface area (Å²) in [6.07, 6.45) is 101. The number of allylic oxidation sites excluding steroid dienone is 20. The highest BCUT2D eigenvalue weighted by atomic mass is 31.2. The van der Waals surface area contributed by atoms with E-state index in [1.165, 1.54) is 180 Å². The van der Waals surface area contributed by atoms with Gasteiger partial charge in [0, 0.05) is 19.3 Å². The van der Waals surface area contributed by atoms with E-state index < -0.39 is 91.5 Å². The highest BCUT2D eigenvalue weighted by Crippen LogP contribution is 2.45. The molecule has 18 heteroatoms. The smallest absolute Gasteiger partial charge is 0.463 e. The summed E-state index contributed by atoms with van der Waals surface area (Å²) in [7, 11) is -9.79. The van der Waals surface area contributed by atoms with Crippen molar-refractivity contribution >= 4 is 33.6 Å². The maximum absolute atomic E-state index is 13.0. The summed E-state index contributed by atoms with van der Waals surface area (Å²) in [5, 5.41) is 20.7. The first-order chi connectivity index (χ1) is 53.2. The van der Waals surface area contributed by atoms with Crippen LogP contribution < -0.4 is 0 Å². The molecule has 0 aliphatic rings. The van der Waals surface area contributed by atoms with Crippen LogP contribution >= 0.6 is 15.6 Å². The molecule has 16 nitrogen and oxygen atoms in total. The van der Waals surface area contributed by atoms with Crippen LogP contribution in [0.1, 0.15) is 380 Å². The Morgan fingerprint density at radius 1 is 0.266 bits per heavy atom. The van der Waals surface area contributed by atoms with Crippen LogP contribution in [0.3, 0.4) is 0 Å². The van der Waals surface area contributed by atoms with Crippen molar-refractivity contribution in [1.82, 2.24) is 0 Å². The molecular weight excluding hydrogens is 1410 g/mol. The first kappa shape index (κ1) is 105. The number of hydrogen-bond acceptors (Lipinski definition) is 14. The zero-order valence-electron chi connectivity index (χ0n) is 69.2. The summed E-state index contributed by atoms with van der Waals surface area (Å²) < 4.78 is 61.3. The molecule has 0 saturated carbocycles. The van der Waals surface area contributed by atoms with Gasteiger partial charge in [-0.25, -0.2) is 9.13 Å². The number of phosphoric acid groups is 2. The first-order valence-electron chi connectivity index (χ1n) is 43.8. The zero-order valence-corrected chi connectivity index (χ0v) is 71.0. The van der Waals surface area contributed by atoms with E-state index in [-0.39, 0.29) is 19.3 Å². The van der Waals surface area contributed by atoms with Crippen molar-refractivity contribution < 1.29 is 75.8 Å². The molecule has 5 atom stereocenters. The molecule has 5 unspecified atom stereocenters. The minimum atomic E-state index is -4.93. The van der Waals surface area contributed by atoms with Crippen LogP contribution in [0.15, 0.2) is 122 Å². The van der Waals surface area contributed by atoms with Crippen LogP contribution in [0.5, 0.6) is 0 Å². The third kappa shape index (κ3) is 84.7. The Morgan fingerprint density at radius 2 is 0.486 bits per heavy atom. The zero-order chi connectivity index (χ0) is 79.4. The van der Waals surface area contributed by atoms with Crippen LogP contribution in [0, 0.1) is 0 Å². The molecule has 109 heavy (non-hydrogen) atoms. The number of aliphatic hydroxyl groups is 2. The quantitative estimate of drug-likeness (QED) is 0.0146. The molecular formula is C91H160O16P2. The number of unbranched alkanes of at least 4 members (excludes halogenated alkanes) is 40. The fourth-order valence-corrected chi connectivity index (χ4v) is 13.6. The van der Waals surface area contributed by atoms with Crippen molar-refractivity contribution in [2.24, 2.45) is 0 Å². The third-order valence-corrected chi connectivity index (χ3v) is 20.5. The summed E-state index contributed by atoms with van der Waals surface area (Å²) in [5.74, 6) is -1.58. The fourth-order valence-electron chi connectivity index (χ4n) is 12.0. The maximum Gasteiger partial charge on any atom is 0.472 e. The molecule has 0 fully saturated rings. The van der Waals surface area contributed by atoms with Gasteiger partial charge in [-0.15, -0.1) is 0 Å². The molecule has 0 rings (SSSR count). The number of aliphatic hydroxyl groups excluding tert-OH is 2. The Bertz CT molecular complexity index is 2460. The Kier molecular flexibility index (Phi) is 80.3. The Morgan fingerprint density at radius 3 is 0.798 bits per heavy atom. The second kappa shape index (κ2) is 83.4. The third-order valence-electron chi connectivity index (χ3n) is 18.6. The molecule has 0 saturated heterocycles. The van der Waals surface area contributed by atoms with Gasteiger partial charge in [-0.1, -0.05) is 348 Å². The normalized spacial score (nSPS) is 14.4. The van der Waals surface area contributed by atoms with E-state index in [0.29, 0.717) is 19.3 Å². The summed E-state index contributed by atoms with van der Waals surface area (Å²) >= 11 is 0. The topological polar surface area (TPSA) is 231 Å². The second-order valence-corrected chi connectivity index (χ2v) is 32.2. The van der Waals surface area contributed by atoms with Crippen molar-refractivity contribution in [2.45, 2.75) is 399 Å². The van der Waals surface area contributed by atoms with Gasteiger partial charge < -0.3 is 34.2 Å². The van der Waals surface area contributed by atoms with Crippen molar-refractivity contribution in [3.05, 3.63) is 122 Å². The summed E-state index contributed by atoms with van der Waals surface area (Å²) in [5.41, 5.74) is 0. The lowest BCUT2D eigenvalue weighted by atomic mass is 10.0. The molecule has 630 valence electrons. The molecule has 4 N–H and O–H groups in total. The molecule has 0 radical (unpaired) electrons. The van der Waals surface area contributed by atoms with Gasteiger partial charge in [0.2, 0.25) is 0 Å². The standard InChI is InChI=1S/C91H160O16P2/c1-4-7-10-13-16-19-22-25-27-29-31-33-35-37-38-39-40-41-42-43-44-45-46-48-50-51-53-55-57-60-62-65-68-71-74-77-89(94)101-80-86(92)81-103-108(97,98)104-82-87(93)83-105-109(99,100)106-85-88(107-91(96)79-76-73-70-67-64-59-24-21-18-15-12-9-6-3)84-102-90(95)78-75-72-69-66-63-61-58-56-54-52-49-47-36-34-32-30-28-26-23-20-17-14-11-8-5-2/h7,10,16-17,19-21,24-28,31-34,37-38,47,49,86-88,92-93H,4-6,8-9,11-15,18,22-23,29-30,35-36,39-46,48,50-85H2,1-3H3,(H,97,98)(H,99,100)/b10-7-,19-16-,20-17-,24-21-,27-25-,28-26-,33-31-,34-32-,38-37-,49-47-. The number of carbonyl (C=O) groups is 3. The van der Waals surface area contributed by atoms with E-state index >= 15 is 0 Å². The molecule has 0 bridgehead atoms. The summed E-state index contributed by atoms with van der Waals surface area (Å²) in [6.45, 7) is 2.55. The Hall–Kier alpha value is -4.05. The van der Waals surface area contributed by atoms with Gasteiger partial charge in [-0.05, 0) is 135 Å². The van der Waals surface area contributed by atoms with Gasteiger partial charge in [0.05, 0.1) is 26.4 Å². The van der Waals surface area contributed by atoms with E-state index in [4.69, 9.17) is 32.3 Å². The van der Waals surface area contributed by atoms with Crippen LogP contribution in [-0.2, 0) is 55.8 Å². The van der Waals surface area contributed by atoms with E-state index in [0.717, 1.165) is 141 Å². The highest BCUT2D eigenvalue weighted by molar-refractivity contribution is 7.47. The van der Waals surface area contributed by atoms with Gasteiger partial charge >= 0.3 is 33.6 Å². The van der Waals surface area contributed by atoms with Crippen molar-refractivity contribution in [3.8, 4) is 0 Å². The minimum absolute atomic E-state index is 0.0934. The van der Waals surface area contributed by atoms with Gasteiger partial charge in [0.15, 0.2) is 6.10 Å². The van der Waals surface area contributed by atoms with Crippen LogP contribution in [0.2, 0.25) is 0 Å². The molecule has 0 aromatic carbocycles. The number of carbonyl (C=O) groups excluding carboxylic acids is 3. The average molecular weight is 1570 g/mol. The lowest BCUT2D eigenvalue weighted by Crippen LogP contribution is -2.30. The number of hydrogen-bond donors (Lipinski definition) is 4. The largest absolute Gasteiger partial charge is 0.472 e.